The van der Waals surface area contributed by atoms with Crippen LogP contribution in [0.2, 0.25) is 6.82 Å². The lowest BCUT2D eigenvalue weighted by atomic mass is 9.77. The number of hydrogen-bond donors (Lipinski definition) is 1. The van der Waals surface area contributed by atoms with Crippen molar-refractivity contribution in [2.75, 3.05) is 13.7 Å². The topological polar surface area (TPSA) is 66.8 Å². The number of nitrogens with zero attached hydrogens (tertiary/aromatic N) is 1. The molecule has 1 saturated heterocycles. The smallest absolute Gasteiger partial charge is 0.377 e. The predicted molar refractivity (Wildman–Crippen MR) is 94.3 cm³/mol. The Morgan fingerprint density at radius 3 is 2.54 bits per heavy atom. The maximum Gasteiger partial charge on any atom is 0.377 e. The van der Waals surface area contributed by atoms with Crippen molar-refractivity contribution in [1.29, 1.82) is 0 Å². The third-order valence-electron chi connectivity index (χ3n) is 4.86. The van der Waals surface area contributed by atoms with Crippen molar-refractivity contribution in [3.63, 3.8) is 0 Å². The molecule has 0 saturated carbocycles. The van der Waals surface area contributed by atoms with E-state index in [1.165, 1.54) is 18.7 Å². The van der Waals surface area contributed by atoms with E-state index in [0.717, 1.165) is 5.56 Å². The number of rotatable bonds is 6. The van der Waals surface area contributed by atoms with Gasteiger partial charge in [-0.05, 0) is 36.9 Å². The monoisotopic (exact) mass is 367 g/mol. The SMILES string of the molecule is COC(=O)c1ccc([C@H](C)CC(=O)C2CCC(F)(F)CN2B(C)O)cc1. The maximum absolute atomic E-state index is 13.6. The lowest BCUT2D eigenvalue weighted by molar-refractivity contribution is -0.129. The first-order valence-electron chi connectivity index (χ1n) is 8.67. The number of benzene rings is 1. The highest BCUT2D eigenvalue weighted by atomic mass is 19.3. The third kappa shape index (κ3) is 4.89. The number of carbonyl (C=O) groups excluding carboxylic acids is 2. The Balaban J connectivity index is 2.04. The maximum atomic E-state index is 13.6. The van der Waals surface area contributed by atoms with Gasteiger partial charge in [0.25, 0.3) is 5.92 Å². The molecule has 5 nitrogen and oxygen atoms in total. The quantitative estimate of drug-likeness (QED) is 0.619. The minimum absolute atomic E-state index is 0.0325. The van der Waals surface area contributed by atoms with Crippen molar-refractivity contribution in [3.8, 4) is 0 Å². The van der Waals surface area contributed by atoms with Gasteiger partial charge in [0.1, 0.15) is 5.78 Å². The van der Waals surface area contributed by atoms with Crippen LogP contribution in [0.4, 0.5) is 8.78 Å². The number of esters is 1. The second-order valence-corrected chi connectivity index (χ2v) is 6.90. The van der Waals surface area contributed by atoms with Crippen LogP contribution in [0.3, 0.4) is 0 Å². The minimum Gasteiger partial charge on any atom is -0.465 e. The highest BCUT2D eigenvalue weighted by Gasteiger charge is 2.44. The number of carbonyl (C=O) groups is 2. The van der Waals surface area contributed by atoms with Crippen LogP contribution in [-0.2, 0) is 9.53 Å². The highest BCUT2D eigenvalue weighted by Crippen LogP contribution is 2.32. The zero-order valence-corrected chi connectivity index (χ0v) is 15.2. The number of alkyl halides is 2. The van der Waals surface area contributed by atoms with E-state index in [1.807, 2.05) is 6.92 Å². The van der Waals surface area contributed by atoms with Crippen LogP contribution in [0.25, 0.3) is 0 Å². The summed E-state index contributed by atoms with van der Waals surface area (Å²) >= 11 is 0. The average molecular weight is 367 g/mol. The van der Waals surface area contributed by atoms with Gasteiger partial charge in [0, 0.05) is 12.8 Å². The van der Waals surface area contributed by atoms with Crippen molar-refractivity contribution in [2.24, 2.45) is 0 Å². The summed E-state index contributed by atoms with van der Waals surface area (Å²) in [6, 6.07) is 6.07. The molecule has 0 amide bonds. The molecular weight excluding hydrogens is 343 g/mol. The normalized spacial score (nSPS) is 21.1. The van der Waals surface area contributed by atoms with Gasteiger partial charge in [-0.25, -0.2) is 13.6 Å². The molecule has 142 valence electrons. The summed E-state index contributed by atoms with van der Waals surface area (Å²) < 4.78 is 31.9. The van der Waals surface area contributed by atoms with Gasteiger partial charge in [0.2, 0.25) is 0 Å². The first-order chi connectivity index (χ1) is 12.1. The Morgan fingerprint density at radius 2 is 2.00 bits per heavy atom. The van der Waals surface area contributed by atoms with Gasteiger partial charge in [-0.3, -0.25) is 4.79 Å². The van der Waals surface area contributed by atoms with Crippen LogP contribution in [0, 0.1) is 0 Å². The minimum atomic E-state index is -2.89. The molecule has 1 aliphatic heterocycles. The van der Waals surface area contributed by atoms with Crippen LogP contribution < -0.4 is 0 Å². The van der Waals surface area contributed by atoms with E-state index < -0.39 is 31.5 Å². The molecule has 8 heteroatoms. The molecule has 0 aliphatic carbocycles. The number of ether oxygens (including phenoxy) is 1. The number of hydrogen-bond acceptors (Lipinski definition) is 5. The fourth-order valence-electron chi connectivity index (χ4n) is 3.33. The summed E-state index contributed by atoms with van der Waals surface area (Å²) in [5.41, 5.74) is 1.29. The summed E-state index contributed by atoms with van der Waals surface area (Å²) in [4.78, 5) is 25.3. The highest BCUT2D eigenvalue weighted by molar-refractivity contribution is 6.45. The average Bonchev–Trinajstić information content (AvgIpc) is 2.60. The molecule has 26 heavy (non-hydrogen) atoms. The molecule has 1 N–H and O–H groups in total. The van der Waals surface area contributed by atoms with Gasteiger partial charge in [-0.15, -0.1) is 0 Å². The van der Waals surface area contributed by atoms with Gasteiger partial charge < -0.3 is 14.6 Å². The number of methoxy groups -OCH3 is 1. The number of piperidine rings is 1. The second kappa shape index (κ2) is 8.27. The van der Waals surface area contributed by atoms with E-state index >= 15 is 0 Å². The Bertz CT molecular complexity index is 651. The molecule has 0 spiro atoms. The van der Waals surface area contributed by atoms with Crippen LogP contribution in [0.5, 0.6) is 0 Å². The molecule has 1 fully saturated rings. The largest absolute Gasteiger partial charge is 0.465 e. The van der Waals surface area contributed by atoms with Crippen LogP contribution in [0.15, 0.2) is 24.3 Å². The predicted octanol–water partition coefficient (Wildman–Crippen LogP) is 2.75. The standard InChI is InChI=1S/C18H24BF2NO4/c1-12(13-4-6-14(7-5-13)17(24)26-3)10-16(23)15-8-9-18(20,21)11-22(15)19(2)25/h4-7,12,15,25H,8-11H2,1-3H3/t12-,15?/m1/s1. The molecule has 1 aromatic carbocycles. The van der Waals surface area contributed by atoms with Crippen molar-refractivity contribution in [3.05, 3.63) is 35.4 Å². The molecule has 1 unspecified atom stereocenters. The summed E-state index contributed by atoms with van der Waals surface area (Å²) in [6.07, 6.45) is -0.142. The van der Waals surface area contributed by atoms with Gasteiger partial charge >= 0.3 is 13.0 Å². The van der Waals surface area contributed by atoms with E-state index in [1.54, 1.807) is 24.3 Å². The molecule has 2 atom stereocenters. The fourth-order valence-corrected chi connectivity index (χ4v) is 3.33. The Kier molecular flexibility index (Phi) is 6.52. The van der Waals surface area contributed by atoms with E-state index in [0.29, 0.717) is 5.56 Å². The molecule has 0 aromatic heterocycles. The molecule has 0 radical (unpaired) electrons. The van der Waals surface area contributed by atoms with Crippen LogP contribution >= 0.6 is 0 Å². The van der Waals surface area contributed by atoms with Gasteiger partial charge in [0.15, 0.2) is 0 Å². The zero-order valence-electron chi connectivity index (χ0n) is 15.2. The van der Waals surface area contributed by atoms with Gasteiger partial charge in [0.05, 0.1) is 25.3 Å². The zero-order chi connectivity index (χ0) is 19.5. The molecular formula is C18H24BF2NO4. The van der Waals surface area contributed by atoms with Crippen molar-refractivity contribution >= 4 is 18.8 Å². The van der Waals surface area contributed by atoms with Crippen molar-refractivity contribution in [1.82, 2.24) is 4.81 Å². The lowest BCUT2D eigenvalue weighted by Gasteiger charge is -2.39. The summed E-state index contributed by atoms with van der Waals surface area (Å²) in [5.74, 6) is -3.61. The van der Waals surface area contributed by atoms with E-state index in [4.69, 9.17) is 0 Å². The lowest BCUT2D eigenvalue weighted by Crippen LogP contribution is -2.57. The number of Topliss-reactive ketones (excluding diaryl/α,β-unsaturated/α-hetero) is 1. The fraction of sp³-hybridized carbons (Fsp3) is 0.556. The number of ketones is 1. The summed E-state index contributed by atoms with van der Waals surface area (Å²) in [5, 5.41) is 9.78. The van der Waals surface area contributed by atoms with E-state index in [9.17, 15) is 23.4 Å². The Labute approximate surface area is 152 Å². The second-order valence-electron chi connectivity index (χ2n) is 6.90. The first-order valence-corrected chi connectivity index (χ1v) is 8.67. The van der Waals surface area contributed by atoms with Crippen LogP contribution in [0.1, 0.15) is 48.0 Å². The Morgan fingerprint density at radius 1 is 1.38 bits per heavy atom. The van der Waals surface area contributed by atoms with Crippen LogP contribution in [-0.4, -0.2) is 54.3 Å². The van der Waals surface area contributed by atoms with E-state index in [2.05, 4.69) is 4.74 Å². The molecule has 0 bridgehead atoms. The van der Waals surface area contributed by atoms with Gasteiger partial charge in [-0.2, -0.15) is 0 Å². The van der Waals surface area contributed by atoms with Crippen molar-refractivity contribution in [2.45, 2.75) is 50.9 Å². The molecule has 1 aliphatic rings. The summed E-state index contributed by atoms with van der Waals surface area (Å²) in [7, 11) is 0.198. The van der Waals surface area contributed by atoms with Gasteiger partial charge in [-0.1, -0.05) is 19.1 Å². The Hall–Kier alpha value is -1.80. The van der Waals surface area contributed by atoms with E-state index in [-0.39, 0.29) is 31.0 Å². The summed E-state index contributed by atoms with van der Waals surface area (Å²) in [6.45, 7) is 2.66. The molecule has 1 aromatic rings. The van der Waals surface area contributed by atoms with Crippen molar-refractivity contribution < 1.29 is 28.1 Å². The molecule has 2 rings (SSSR count). The first kappa shape index (κ1) is 20.5. The molecule has 1 heterocycles. The number of halogens is 2. The third-order valence-corrected chi connectivity index (χ3v) is 4.86.